The van der Waals surface area contributed by atoms with Gasteiger partial charge in [0.2, 0.25) is 0 Å². The molecule has 4 nitrogen and oxygen atoms in total. The Kier molecular flexibility index (Phi) is 3.54. The van der Waals surface area contributed by atoms with Crippen LogP contribution in [-0.2, 0) is 7.05 Å². The summed E-state index contributed by atoms with van der Waals surface area (Å²) in [6.45, 7) is 0. The molecule has 1 N–H and O–H groups in total. The molecule has 90 valence electrons. The Bertz CT molecular complexity index is 506. The summed E-state index contributed by atoms with van der Waals surface area (Å²) in [5.74, 6) is -0.264. The lowest BCUT2D eigenvalue weighted by molar-refractivity contribution is 0.547. The topological polar surface area (TPSA) is 42.7 Å². The van der Waals surface area contributed by atoms with E-state index in [0.29, 0.717) is 5.56 Å². The maximum Gasteiger partial charge on any atom is 0.129 e. The van der Waals surface area contributed by atoms with Crippen molar-refractivity contribution in [3.05, 3.63) is 45.9 Å². The van der Waals surface area contributed by atoms with Gasteiger partial charge < -0.3 is 5.32 Å². The Morgan fingerprint density at radius 3 is 2.76 bits per heavy atom. The summed E-state index contributed by atoms with van der Waals surface area (Å²) in [6.07, 6.45) is 1.63. The summed E-state index contributed by atoms with van der Waals surface area (Å²) in [5.41, 5.74) is 1.36. The molecule has 6 heteroatoms. The number of hydrogen-bond acceptors (Lipinski definition) is 3. The van der Waals surface area contributed by atoms with Crippen molar-refractivity contribution in [1.82, 2.24) is 20.3 Å². The van der Waals surface area contributed by atoms with Crippen LogP contribution in [0.2, 0.25) is 0 Å². The molecular formula is C11H12BrFN4. The fourth-order valence-electron chi connectivity index (χ4n) is 1.79. The standard InChI is InChI=1S/C11H12BrFN4/c1-14-11(9-6-15-16-17(9)2)10-7(12)4-3-5-8(10)13/h3-6,11,14H,1-2H3. The van der Waals surface area contributed by atoms with Gasteiger partial charge in [0, 0.05) is 17.1 Å². The van der Waals surface area contributed by atoms with Crippen LogP contribution in [0.3, 0.4) is 0 Å². The fourth-order valence-corrected chi connectivity index (χ4v) is 2.36. The van der Waals surface area contributed by atoms with Gasteiger partial charge in [-0.25, -0.2) is 4.39 Å². The highest BCUT2D eigenvalue weighted by molar-refractivity contribution is 9.10. The lowest BCUT2D eigenvalue weighted by Crippen LogP contribution is -2.22. The summed E-state index contributed by atoms with van der Waals surface area (Å²) in [4.78, 5) is 0. The van der Waals surface area contributed by atoms with Gasteiger partial charge in [0.1, 0.15) is 5.82 Å². The van der Waals surface area contributed by atoms with Crippen molar-refractivity contribution in [2.24, 2.45) is 7.05 Å². The van der Waals surface area contributed by atoms with Crippen molar-refractivity contribution in [2.45, 2.75) is 6.04 Å². The molecule has 1 aromatic heterocycles. The highest BCUT2D eigenvalue weighted by Crippen LogP contribution is 2.29. The molecule has 1 aromatic carbocycles. The van der Waals surface area contributed by atoms with Crippen LogP contribution >= 0.6 is 15.9 Å². The van der Waals surface area contributed by atoms with E-state index in [4.69, 9.17) is 0 Å². The lowest BCUT2D eigenvalue weighted by atomic mass is 10.0. The monoisotopic (exact) mass is 298 g/mol. The molecule has 1 heterocycles. The number of hydrogen-bond donors (Lipinski definition) is 1. The van der Waals surface area contributed by atoms with Crippen molar-refractivity contribution >= 4 is 15.9 Å². The number of aryl methyl sites for hydroxylation is 1. The molecule has 17 heavy (non-hydrogen) atoms. The van der Waals surface area contributed by atoms with Crippen LogP contribution in [0.5, 0.6) is 0 Å². The third kappa shape index (κ3) is 2.23. The summed E-state index contributed by atoms with van der Waals surface area (Å²) in [6, 6.07) is 4.63. The number of rotatable bonds is 3. The Morgan fingerprint density at radius 2 is 2.24 bits per heavy atom. The number of nitrogens with one attached hydrogen (secondary N) is 1. The van der Waals surface area contributed by atoms with Crippen LogP contribution in [-0.4, -0.2) is 22.0 Å². The molecule has 0 aliphatic rings. The minimum Gasteiger partial charge on any atom is -0.308 e. The van der Waals surface area contributed by atoms with Crippen LogP contribution in [0.25, 0.3) is 0 Å². The van der Waals surface area contributed by atoms with Gasteiger partial charge in [-0.2, -0.15) is 0 Å². The van der Waals surface area contributed by atoms with E-state index < -0.39 is 0 Å². The molecule has 0 amide bonds. The van der Waals surface area contributed by atoms with E-state index in [0.717, 1.165) is 10.2 Å². The largest absolute Gasteiger partial charge is 0.308 e. The van der Waals surface area contributed by atoms with E-state index >= 15 is 0 Å². The summed E-state index contributed by atoms with van der Waals surface area (Å²) < 4.78 is 16.2. The van der Waals surface area contributed by atoms with Crippen LogP contribution in [0, 0.1) is 5.82 Å². The Balaban J connectivity index is 2.53. The van der Waals surface area contributed by atoms with E-state index in [1.165, 1.54) is 6.07 Å². The van der Waals surface area contributed by atoms with Crippen LogP contribution in [0.1, 0.15) is 17.3 Å². The van der Waals surface area contributed by atoms with E-state index in [1.807, 2.05) is 6.07 Å². The van der Waals surface area contributed by atoms with Crippen molar-refractivity contribution in [1.29, 1.82) is 0 Å². The SMILES string of the molecule is CNC(c1c(F)cccc1Br)c1cnnn1C. The van der Waals surface area contributed by atoms with Gasteiger partial charge in [-0.15, -0.1) is 5.10 Å². The van der Waals surface area contributed by atoms with Crippen molar-refractivity contribution in [3.63, 3.8) is 0 Å². The zero-order valence-electron chi connectivity index (χ0n) is 9.48. The first kappa shape index (κ1) is 12.2. The van der Waals surface area contributed by atoms with Gasteiger partial charge in [-0.05, 0) is 19.2 Å². The first-order chi connectivity index (χ1) is 8.15. The molecule has 0 radical (unpaired) electrons. The smallest absolute Gasteiger partial charge is 0.129 e. The molecule has 0 aliphatic heterocycles. The highest BCUT2D eigenvalue weighted by Gasteiger charge is 2.21. The molecule has 0 fully saturated rings. The van der Waals surface area contributed by atoms with Crippen molar-refractivity contribution in [3.8, 4) is 0 Å². The summed E-state index contributed by atoms with van der Waals surface area (Å²) in [5, 5.41) is 10.7. The average Bonchev–Trinajstić information content (AvgIpc) is 2.70. The summed E-state index contributed by atoms with van der Waals surface area (Å²) >= 11 is 3.37. The van der Waals surface area contributed by atoms with Crippen LogP contribution < -0.4 is 5.32 Å². The molecule has 0 saturated heterocycles. The number of benzene rings is 1. The van der Waals surface area contributed by atoms with E-state index in [-0.39, 0.29) is 11.9 Å². The van der Waals surface area contributed by atoms with Gasteiger partial charge in [0.15, 0.2) is 0 Å². The lowest BCUT2D eigenvalue weighted by Gasteiger charge is -2.18. The van der Waals surface area contributed by atoms with E-state index in [2.05, 4.69) is 31.6 Å². The Labute approximate surface area is 107 Å². The molecule has 0 bridgehead atoms. The second-order valence-electron chi connectivity index (χ2n) is 3.64. The van der Waals surface area contributed by atoms with Crippen LogP contribution in [0.4, 0.5) is 4.39 Å². The van der Waals surface area contributed by atoms with Crippen molar-refractivity contribution in [2.75, 3.05) is 7.05 Å². The first-order valence-electron chi connectivity index (χ1n) is 5.11. The second-order valence-corrected chi connectivity index (χ2v) is 4.49. The van der Waals surface area contributed by atoms with Crippen LogP contribution in [0.15, 0.2) is 28.9 Å². The molecule has 2 rings (SSSR count). The van der Waals surface area contributed by atoms with Gasteiger partial charge in [0.05, 0.1) is 17.9 Å². The van der Waals surface area contributed by atoms with Gasteiger partial charge in [0.25, 0.3) is 0 Å². The predicted molar refractivity (Wildman–Crippen MR) is 66.0 cm³/mol. The third-order valence-electron chi connectivity index (χ3n) is 2.62. The van der Waals surface area contributed by atoms with Crippen molar-refractivity contribution < 1.29 is 4.39 Å². The van der Waals surface area contributed by atoms with Gasteiger partial charge in [-0.3, -0.25) is 4.68 Å². The minimum atomic E-state index is -0.287. The Morgan fingerprint density at radius 1 is 1.47 bits per heavy atom. The van der Waals surface area contributed by atoms with Gasteiger partial charge in [-0.1, -0.05) is 27.2 Å². The third-order valence-corrected chi connectivity index (χ3v) is 3.31. The van der Waals surface area contributed by atoms with Gasteiger partial charge >= 0.3 is 0 Å². The molecule has 1 unspecified atom stereocenters. The maximum absolute atomic E-state index is 13.9. The highest BCUT2D eigenvalue weighted by atomic mass is 79.9. The quantitative estimate of drug-likeness (QED) is 0.943. The molecular weight excluding hydrogens is 287 g/mol. The summed E-state index contributed by atoms with van der Waals surface area (Å²) in [7, 11) is 3.55. The number of aromatic nitrogens is 3. The maximum atomic E-state index is 13.9. The molecule has 0 saturated carbocycles. The fraction of sp³-hybridized carbons (Fsp3) is 0.273. The molecule has 0 spiro atoms. The normalized spacial score (nSPS) is 12.7. The number of halogens is 2. The minimum absolute atomic E-state index is 0.264. The zero-order chi connectivity index (χ0) is 12.4. The molecule has 1 atom stereocenters. The molecule has 2 aromatic rings. The average molecular weight is 299 g/mol. The predicted octanol–water partition coefficient (Wildman–Crippen LogP) is 2.03. The second kappa shape index (κ2) is 4.93. The van der Waals surface area contributed by atoms with E-state index in [1.54, 1.807) is 31.0 Å². The molecule has 0 aliphatic carbocycles. The Hall–Kier alpha value is -1.27. The van der Waals surface area contributed by atoms with E-state index in [9.17, 15) is 4.39 Å². The first-order valence-corrected chi connectivity index (χ1v) is 5.90. The number of nitrogens with zero attached hydrogens (tertiary/aromatic N) is 3. The zero-order valence-corrected chi connectivity index (χ0v) is 11.1.